The predicted octanol–water partition coefficient (Wildman–Crippen LogP) is 10.0. The van der Waals surface area contributed by atoms with Crippen LogP contribution in [-0.2, 0) is 0 Å². The molecular formula is C31H53F3. The van der Waals surface area contributed by atoms with Crippen LogP contribution in [0.25, 0.3) is 0 Å². The largest absolute Gasteiger partial charge is 0.247 e. The lowest BCUT2D eigenvalue weighted by Gasteiger charge is -2.45. The van der Waals surface area contributed by atoms with E-state index in [9.17, 15) is 4.39 Å². The lowest BCUT2D eigenvalue weighted by molar-refractivity contribution is -0.0397. The smallest absolute Gasteiger partial charge is 0.134 e. The first kappa shape index (κ1) is 26.8. The second kappa shape index (κ2) is 12.8. The van der Waals surface area contributed by atoms with Crippen LogP contribution in [0.3, 0.4) is 0 Å². The quantitative estimate of drug-likeness (QED) is 0.302. The molecule has 4 aliphatic rings. The number of alkyl halides is 3. The lowest BCUT2D eigenvalue weighted by Crippen LogP contribution is -2.45. The Morgan fingerprint density at radius 3 is 1.62 bits per heavy atom. The topological polar surface area (TPSA) is 0 Å². The fraction of sp³-hybridized carbons (Fsp3) is 1.00. The summed E-state index contributed by atoms with van der Waals surface area (Å²) in [5.74, 6) is 2.92. The highest BCUT2D eigenvalue weighted by Gasteiger charge is 2.47. The van der Waals surface area contributed by atoms with Crippen molar-refractivity contribution in [2.45, 2.75) is 148 Å². The van der Waals surface area contributed by atoms with Crippen molar-refractivity contribution >= 4 is 0 Å². The molecule has 0 saturated heterocycles. The molecule has 4 saturated carbocycles. The van der Waals surface area contributed by atoms with Gasteiger partial charge in [0, 0.05) is 0 Å². The number of halogens is 3. The van der Waals surface area contributed by atoms with Crippen molar-refractivity contribution in [2.75, 3.05) is 0 Å². The van der Waals surface area contributed by atoms with Crippen molar-refractivity contribution in [2.24, 2.45) is 47.3 Å². The van der Waals surface area contributed by atoms with E-state index in [4.69, 9.17) is 0 Å². The van der Waals surface area contributed by atoms with Crippen LogP contribution >= 0.6 is 0 Å². The maximum absolute atomic E-state index is 15.4. The van der Waals surface area contributed by atoms with Gasteiger partial charge in [-0.15, -0.1) is 0 Å². The minimum Gasteiger partial charge on any atom is -0.247 e. The molecule has 7 atom stereocenters. The highest BCUT2D eigenvalue weighted by Crippen LogP contribution is 2.50. The van der Waals surface area contributed by atoms with Crippen LogP contribution in [0.4, 0.5) is 13.2 Å². The van der Waals surface area contributed by atoms with E-state index in [0.29, 0.717) is 29.6 Å². The molecule has 0 amide bonds. The van der Waals surface area contributed by atoms with Crippen LogP contribution < -0.4 is 0 Å². The molecule has 0 nitrogen and oxygen atoms in total. The van der Waals surface area contributed by atoms with Gasteiger partial charge in [-0.05, 0) is 124 Å². The zero-order chi connectivity index (χ0) is 24.1. The van der Waals surface area contributed by atoms with Gasteiger partial charge in [0.05, 0.1) is 0 Å². The van der Waals surface area contributed by atoms with Crippen molar-refractivity contribution in [1.29, 1.82) is 0 Å². The Hall–Kier alpha value is -0.210. The third-order valence-electron chi connectivity index (χ3n) is 11.2. The van der Waals surface area contributed by atoms with Gasteiger partial charge in [-0.1, -0.05) is 52.4 Å². The Labute approximate surface area is 208 Å². The average molecular weight is 483 g/mol. The molecule has 0 N–H and O–H groups in total. The van der Waals surface area contributed by atoms with E-state index in [1.165, 1.54) is 44.9 Å². The van der Waals surface area contributed by atoms with E-state index < -0.39 is 18.5 Å². The van der Waals surface area contributed by atoms with Gasteiger partial charge in [-0.2, -0.15) is 0 Å². The summed E-state index contributed by atoms with van der Waals surface area (Å²) in [5, 5.41) is 0. The molecule has 4 fully saturated rings. The summed E-state index contributed by atoms with van der Waals surface area (Å²) in [6.45, 7) is 4.47. The summed E-state index contributed by atoms with van der Waals surface area (Å²) < 4.78 is 45.7. The third-order valence-corrected chi connectivity index (χ3v) is 11.2. The average Bonchev–Trinajstić information content (AvgIpc) is 2.87. The monoisotopic (exact) mass is 482 g/mol. The number of hydrogen-bond acceptors (Lipinski definition) is 0. The van der Waals surface area contributed by atoms with Crippen LogP contribution in [-0.4, -0.2) is 18.5 Å². The van der Waals surface area contributed by atoms with Gasteiger partial charge in [0.25, 0.3) is 0 Å². The third kappa shape index (κ3) is 6.37. The molecule has 0 heterocycles. The first-order valence-corrected chi connectivity index (χ1v) is 15.4. The van der Waals surface area contributed by atoms with Crippen LogP contribution in [0.2, 0.25) is 0 Å². The van der Waals surface area contributed by atoms with E-state index in [1.807, 2.05) is 0 Å². The molecule has 34 heavy (non-hydrogen) atoms. The van der Waals surface area contributed by atoms with Crippen LogP contribution in [0.15, 0.2) is 0 Å². The van der Waals surface area contributed by atoms with E-state index in [1.54, 1.807) is 0 Å². The summed E-state index contributed by atoms with van der Waals surface area (Å²) in [6, 6.07) is 0. The molecule has 7 unspecified atom stereocenters. The predicted molar refractivity (Wildman–Crippen MR) is 137 cm³/mol. The zero-order valence-electron chi connectivity index (χ0n) is 22.2. The second-order valence-electron chi connectivity index (χ2n) is 13.0. The maximum Gasteiger partial charge on any atom is 0.134 e. The van der Waals surface area contributed by atoms with Crippen LogP contribution in [0.1, 0.15) is 129 Å². The minimum atomic E-state index is -1.25. The first-order valence-electron chi connectivity index (χ1n) is 15.4. The Bertz CT molecular complexity index is 577. The van der Waals surface area contributed by atoms with Crippen LogP contribution in [0.5, 0.6) is 0 Å². The SMILES string of the molecule is CCCCCC1CCC(C2CCC(C3CCC(C4CCC(CC)CC4)C(F)C3F)CC2)CC1F. The standard InChI is InChI=1S/C31H53F3/c1-3-5-6-7-25-16-17-26(20-29(25)32)22-12-14-24(15-13-22)28-19-18-27(30(33)31(28)34)23-10-8-21(4-2)9-11-23/h21-31H,3-20H2,1-2H3. The molecule has 4 rings (SSSR count). The molecule has 0 spiro atoms. The molecule has 0 aromatic carbocycles. The molecule has 0 aromatic heterocycles. The van der Waals surface area contributed by atoms with Gasteiger partial charge in [0.15, 0.2) is 0 Å². The van der Waals surface area contributed by atoms with Crippen molar-refractivity contribution in [3.8, 4) is 0 Å². The highest BCUT2D eigenvalue weighted by atomic mass is 19.2. The zero-order valence-corrected chi connectivity index (χ0v) is 22.2. The number of unbranched alkanes of at least 4 members (excludes halogenated alkanes) is 2. The summed E-state index contributed by atoms with van der Waals surface area (Å²) in [6.07, 6.45) is 16.6. The Morgan fingerprint density at radius 2 is 1.09 bits per heavy atom. The molecule has 0 aliphatic heterocycles. The number of rotatable bonds is 8. The van der Waals surface area contributed by atoms with Gasteiger partial charge in [-0.25, -0.2) is 13.2 Å². The summed E-state index contributed by atoms with van der Waals surface area (Å²) in [7, 11) is 0. The number of hydrogen-bond donors (Lipinski definition) is 0. The van der Waals surface area contributed by atoms with Gasteiger partial charge in [0.1, 0.15) is 18.5 Å². The normalized spacial score (nSPS) is 46.3. The van der Waals surface area contributed by atoms with E-state index >= 15 is 8.78 Å². The Morgan fingerprint density at radius 1 is 0.559 bits per heavy atom. The second-order valence-corrected chi connectivity index (χ2v) is 13.0. The molecular weight excluding hydrogens is 429 g/mol. The van der Waals surface area contributed by atoms with E-state index in [0.717, 1.165) is 76.5 Å². The van der Waals surface area contributed by atoms with Gasteiger partial charge >= 0.3 is 0 Å². The van der Waals surface area contributed by atoms with Crippen molar-refractivity contribution in [3.05, 3.63) is 0 Å². The van der Waals surface area contributed by atoms with Crippen molar-refractivity contribution in [1.82, 2.24) is 0 Å². The van der Waals surface area contributed by atoms with Gasteiger partial charge in [0.2, 0.25) is 0 Å². The minimum absolute atomic E-state index is 0.0330. The molecule has 0 aromatic rings. The molecule has 0 bridgehead atoms. The lowest BCUT2D eigenvalue weighted by atomic mass is 9.62. The summed E-state index contributed by atoms with van der Waals surface area (Å²) >= 11 is 0. The molecule has 0 radical (unpaired) electrons. The van der Waals surface area contributed by atoms with Crippen molar-refractivity contribution in [3.63, 3.8) is 0 Å². The fourth-order valence-corrected chi connectivity index (χ4v) is 8.85. The van der Waals surface area contributed by atoms with Gasteiger partial charge < -0.3 is 0 Å². The van der Waals surface area contributed by atoms with Crippen molar-refractivity contribution < 1.29 is 13.2 Å². The highest BCUT2D eigenvalue weighted by molar-refractivity contribution is 4.96. The van der Waals surface area contributed by atoms with Gasteiger partial charge in [-0.3, -0.25) is 0 Å². The summed E-state index contributed by atoms with van der Waals surface area (Å²) in [5.41, 5.74) is 0. The molecule has 3 heteroatoms. The van der Waals surface area contributed by atoms with E-state index in [-0.39, 0.29) is 11.8 Å². The molecule has 4 aliphatic carbocycles. The molecule has 198 valence electrons. The Balaban J connectivity index is 1.21. The summed E-state index contributed by atoms with van der Waals surface area (Å²) in [4.78, 5) is 0. The Kier molecular flexibility index (Phi) is 10.1. The van der Waals surface area contributed by atoms with E-state index in [2.05, 4.69) is 13.8 Å². The maximum atomic E-state index is 15.4. The van der Waals surface area contributed by atoms with Crippen LogP contribution in [0, 0.1) is 47.3 Å². The fourth-order valence-electron chi connectivity index (χ4n) is 8.85. The first-order chi connectivity index (χ1) is 16.5.